The number of fused-ring (bicyclic) bond motifs is 1. The van der Waals surface area contributed by atoms with Gasteiger partial charge in [0.2, 0.25) is 0 Å². The van der Waals surface area contributed by atoms with E-state index in [9.17, 15) is 4.79 Å². The van der Waals surface area contributed by atoms with Crippen molar-refractivity contribution in [2.45, 2.75) is 25.0 Å². The van der Waals surface area contributed by atoms with E-state index in [1.165, 1.54) is 7.11 Å². The molecule has 10 nitrogen and oxygen atoms in total. The van der Waals surface area contributed by atoms with Gasteiger partial charge in [-0.3, -0.25) is 4.79 Å². The summed E-state index contributed by atoms with van der Waals surface area (Å²) in [4.78, 5) is 22.0. The van der Waals surface area contributed by atoms with Crippen LogP contribution in [0, 0.1) is 0 Å². The molecule has 0 saturated heterocycles. The number of anilines is 1. The minimum atomic E-state index is -0.235. The fraction of sp³-hybridized carbons (Fsp3) is 0.455. The quantitative estimate of drug-likeness (QED) is 0.219. The number of nitrogens with one attached hydrogen (secondary N) is 2. The first kappa shape index (κ1) is 24.6. The third-order valence-corrected chi connectivity index (χ3v) is 5.83. The Morgan fingerprint density at radius 2 is 2.00 bits per heavy atom. The predicted octanol–water partition coefficient (Wildman–Crippen LogP) is 2.83. The molecule has 3 rings (SSSR count). The fourth-order valence-corrected chi connectivity index (χ4v) is 3.81. The molecule has 33 heavy (non-hydrogen) atoms. The molecule has 2 aromatic heterocycles. The molecule has 178 valence electrons. The van der Waals surface area contributed by atoms with Crippen LogP contribution in [0.25, 0.3) is 11.0 Å². The van der Waals surface area contributed by atoms with E-state index in [0.717, 1.165) is 29.0 Å². The number of carbonyl (C=O) groups is 1. The first-order chi connectivity index (χ1) is 16.1. The number of methoxy groups -OCH3 is 3. The van der Waals surface area contributed by atoms with Crippen molar-refractivity contribution in [2.75, 3.05) is 52.1 Å². The molecule has 2 N–H and O–H groups in total. The zero-order valence-electron chi connectivity index (χ0n) is 19.4. The summed E-state index contributed by atoms with van der Waals surface area (Å²) in [6.45, 7) is 4.15. The van der Waals surface area contributed by atoms with Crippen molar-refractivity contribution in [1.82, 2.24) is 25.1 Å². The number of hydrogen-bond donors (Lipinski definition) is 2. The molecule has 2 heterocycles. The maximum absolute atomic E-state index is 12.7. The first-order valence-corrected chi connectivity index (χ1v) is 11.7. The highest BCUT2D eigenvalue weighted by Gasteiger charge is 2.15. The Labute approximate surface area is 197 Å². The van der Waals surface area contributed by atoms with E-state index in [4.69, 9.17) is 19.2 Å². The molecule has 0 aliphatic rings. The Hall–Kier alpha value is -3.05. The molecule has 0 unspecified atom stereocenters. The number of rotatable bonds is 13. The van der Waals surface area contributed by atoms with Crippen molar-refractivity contribution in [3.05, 3.63) is 30.0 Å². The van der Waals surface area contributed by atoms with Gasteiger partial charge in [0, 0.05) is 32.0 Å². The third-order valence-electron chi connectivity index (χ3n) is 4.77. The highest BCUT2D eigenvalue weighted by molar-refractivity contribution is 7.99. The number of hydrogen-bond acceptors (Lipinski definition) is 9. The zero-order chi connectivity index (χ0) is 23.6. The van der Waals surface area contributed by atoms with Crippen molar-refractivity contribution in [1.29, 1.82) is 0 Å². The Kier molecular flexibility index (Phi) is 9.14. The van der Waals surface area contributed by atoms with E-state index < -0.39 is 0 Å². The van der Waals surface area contributed by atoms with Crippen LogP contribution in [0.4, 0.5) is 5.82 Å². The maximum Gasteiger partial charge on any atom is 0.255 e. The Morgan fingerprint density at radius 1 is 1.15 bits per heavy atom. The summed E-state index contributed by atoms with van der Waals surface area (Å²) in [6.07, 6.45) is 2.77. The van der Waals surface area contributed by atoms with E-state index in [1.807, 2.05) is 0 Å². The molecular formula is C22H30N6O4S. The third kappa shape index (κ3) is 6.26. The lowest BCUT2D eigenvalue weighted by Gasteiger charge is -2.11. The average molecular weight is 475 g/mol. The van der Waals surface area contributed by atoms with Crippen molar-refractivity contribution in [2.24, 2.45) is 0 Å². The Morgan fingerprint density at radius 3 is 2.73 bits per heavy atom. The van der Waals surface area contributed by atoms with Crippen molar-refractivity contribution < 1.29 is 19.0 Å². The van der Waals surface area contributed by atoms with Crippen molar-refractivity contribution in [3.63, 3.8) is 0 Å². The normalized spacial score (nSPS) is 10.9. The van der Waals surface area contributed by atoms with E-state index in [2.05, 4.69) is 27.6 Å². The number of aromatic nitrogens is 4. The zero-order valence-corrected chi connectivity index (χ0v) is 20.2. The fourth-order valence-electron chi connectivity index (χ4n) is 3.12. The lowest BCUT2D eigenvalue weighted by molar-refractivity contribution is 0.0949. The minimum absolute atomic E-state index is 0.235. The molecule has 0 aliphatic heterocycles. The number of ether oxygens (including phenoxy) is 3. The van der Waals surface area contributed by atoms with Gasteiger partial charge in [-0.15, -0.1) is 0 Å². The van der Waals surface area contributed by atoms with Crippen LogP contribution in [0.15, 0.2) is 29.6 Å². The summed E-state index contributed by atoms with van der Waals surface area (Å²) in [5.41, 5.74) is 1.16. The second kappa shape index (κ2) is 12.3. The Balaban J connectivity index is 1.73. The molecule has 0 fully saturated rings. The lowest BCUT2D eigenvalue weighted by atomic mass is 10.1. The molecule has 3 aromatic rings. The number of nitrogens with zero attached hydrogens (tertiary/aromatic N) is 4. The summed E-state index contributed by atoms with van der Waals surface area (Å²) < 4.78 is 17.4. The van der Waals surface area contributed by atoms with Gasteiger partial charge in [-0.2, -0.15) is 5.10 Å². The minimum Gasteiger partial charge on any atom is -0.497 e. The monoisotopic (exact) mass is 474 g/mol. The van der Waals surface area contributed by atoms with Crippen LogP contribution in [0.1, 0.15) is 23.7 Å². The molecule has 1 amide bonds. The lowest BCUT2D eigenvalue weighted by Crippen LogP contribution is -2.28. The van der Waals surface area contributed by atoms with Crippen LogP contribution in [0.5, 0.6) is 11.5 Å². The van der Waals surface area contributed by atoms with E-state index in [-0.39, 0.29) is 5.91 Å². The smallest absolute Gasteiger partial charge is 0.255 e. The summed E-state index contributed by atoms with van der Waals surface area (Å²) in [5.74, 6) is 2.50. The van der Waals surface area contributed by atoms with Gasteiger partial charge in [0.25, 0.3) is 5.91 Å². The highest BCUT2D eigenvalue weighted by Crippen LogP contribution is 2.26. The number of thioether (sulfide) groups is 1. The van der Waals surface area contributed by atoms with E-state index in [1.54, 1.807) is 55.1 Å². The molecule has 0 saturated carbocycles. The molecule has 0 bridgehead atoms. The summed E-state index contributed by atoms with van der Waals surface area (Å²) in [7, 11) is 4.75. The van der Waals surface area contributed by atoms with Gasteiger partial charge in [0.1, 0.15) is 17.3 Å². The molecule has 0 aliphatic carbocycles. The number of benzene rings is 1. The van der Waals surface area contributed by atoms with Crippen LogP contribution in [0.2, 0.25) is 0 Å². The largest absolute Gasteiger partial charge is 0.497 e. The van der Waals surface area contributed by atoms with Gasteiger partial charge in [-0.25, -0.2) is 14.6 Å². The molecule has 11 heteroatoms. The molecule has 1 aromatic carbocycles. The van der Waals surface area contributed by atoms with Crippen LogP contribution in [-0.4, -0.2) is 72.4 Å². The van der Waals surface area contributed by atoms with Crippen molar-refractivity contribution >= 4 is 34.5 Å². The van der Waals surface area contributed by atoms with Gasteiger partial charge in [-0.05, 0) is 18.6 Å². The highest BCUT2D eigenvalue weighted by atomic mass is 32.2. The number of amides is 1. The predicted molar refractivity (Wildman–Crippen MR) is 129 cm³/mol. The van der Waals surface area contributed by atoms with Gasteiger partial charge in [-0.1, -0.05) is 18.7 Å². The summed E-state index contributed by atoms with van der Waals surface area (Å²) in [5, 5.41) is 12.2. The van der Waals surface area contributed by atoms with E-state index >= 15 is 0 Å². The van der Waals surface area contributed by atoms with Gasteiger partial charge in [0.15, 0.2) is 10.8 Å². The van der Waals surface area contributed by atoms with Crippen LogP contribution in [0.3, 0.4) is 0 Å². The standard InChI is InChI=1S/C22H30N6O4S/c1-5-12-33-22-26-19(23-9-11-30-2)17-14-25-28(20(17)27-22)10-8-24-21(29)16-7-6-15(31-3)13-18(16)32-4/h6-7,13-14H,5,8-12H2,1-4H3,(H,24,29)(H,23,26,27). The summed E-state index contributed by atoms with van der Waals surface area (Å²) in [6, 6.07) is 5.09. The molecule has 0 radical (unpaired) electrons. The topological polar surface area (TPSA) is 112 Å². The van der Waals surface area contributed by atoms with E-state index in [0.29, 0.717) is 48.5 Å². The molecule has 0 spiro atoms. The second-order valence-electron chi connectivity index (χ2n) is 7.05. The van der Waals surface area contributed by atoms with Gasteiger partial charge < -0.3 is 24.8 Å². The van der Waals surface area contributed by atoms with Gasteiger partial charge >= 0.3 is 0 Å². The van der Waals surface area contributed by atoms with Gasteiger partial charge in [0.05, 0.1) is 44.5 Å². The average Bonchev–Trinajstić information content (AvgIpc) is 3.25. The Bertz CT molecular complexity index is 1070. The molecule has 0 atom stereocenters. The van der Waals surface area contributed by atoms with Crippen LogP contribution in [-0.2, 0) is 11.3 Å². The summed E-state index contributed by atoms with van der Waals surface area (Å²) >= 11 is 1.61. The van der Waals surface area contributed by atoms with Crippen molar-refractivity contribution in [3.8, 4) is 11.5 Å². The first-order valence-electron chi connectivity index (χ1n) is 10.7. The number of carbonyl (C=O) groups excluding carboxylic acids is 1. The maximum atomic E-state index is 12.7. The SMILES string of the molecule is CCCSc1nc(NCCOC)c2cnn(CCNC(=O)c3ccc(OC)cc3OC)c2n1. The molecular weight excluding hydrogens is 444 g/mol. The van der Waals surface area contributed by atoms with Crippen LogP contribution < -0.4 is 20.1 Å². The second-order valence-corrected chi connectivity index (χ2v) is 8.11. The van der Waals surface area contributed by atoms with Crippen LogP contribution >= 0.6 is 11.8 Å².